The third-order valence-corrected chi connectivity index (χ3v) is 5.47. The first kappa shape index (κ1) is 16.2. The summed E-state index contributed by atoms with van der Waals surface area (Å²) in [4.78, 5) is 0. The molecule has 0 bridgehead atoms. The van der Waals surface area contributed by atoms with Gasteiger partial charge in [0.1, 0.15) is 11.5 Å². The molecule has 2 aliphatic rings. The van der Waals surface area contributed by atoms with E-state index in [4.69, 9.17) is 14.2 Å². The van der Waals surface area contributed by atoms with Crippen LogP contribution in [-0.4, -0.2) is 26.9 Å². The van der Waals surface area contributed by atoms with Gasteiger partial charge in [-0.1, -0.05) is 12.1 Å². The normalized spacial score (nSPS) is 21.3. The number of hydrogen-bond donors (Lipinski definition) is 1. The van der Waals surface area contributed by atoms with Crippen molar-refractivity contribution in [2.75, 3.05) is 26.9 Å². The van der Waals surface area contributed by atoms with Gasteiger partial charge in [-0.3, -0.25) is 5.32 Å². The van der Waals surface area contributed by atoms with Gasteiger partial charge in [0.25, 0.3) is 0 Å². The lowest BCUT2D eigenvalue weighted by Crippen LogP contribution is -2.58. The molecular formula is C19H20INO3. The second kappa shape index (κ2) is 6.54. The highest BCUT2D eigenvalue weighted by Gasteiger charge is 2.42. The van der Waals surface area contributed by atoms with Crippen molar-refractivity contribution in [3.63, 3.8) is 0 Å². The van der Waals surface area contributed by atoms with Crippen LogP contribution in [0.4, 0.5) is 0 Å². The van der Waals surface area contributed by atoms with Crippen LogP contribution in [0.15, 0.2) is 42.5 Å². The summed E-state index contributed by atoms with van der Waals surface area (Å²) < 4.78 is 17.9. The van der Waals surface area contributed by atoms with Crippen LogP contribution < -0.4 is 14.8 Å². The van der Waals surface area contributed by atoms with E-state index in [1.165, 1.54) is 14.7 Å². The zero-order chi connectivity index (χ0) is 16.6. The quantitative estimate of drug-likeness (QED) is 0.742. The molecule has 0 saturated carbocycles. The van der Waals surface area contributed by atoms with Crippen LogP contribution >= 0.6 is 22.6 Å². The van der Waals surface area contributed by atoms with Gasteiger partial charge < -0.3 is 14.2 Å². The Hall–Kier alpha value is -1.31. The molecule has 1 fully saturated rings. The molecule has 5 heteroatoms. The van der Waals surface area contributed by atoms with Crippen LogP contribution in [0.5, 0.6) is 11.5 Å². The van der Waals surface area contributed by atoms with E-state index in [0.717, 1.165) is 24.5 Å². The van der Waals surface area contributed by atoms with Gasteiger partial charge in [-0.15, -0.1) is 0 Å². The fourth-order valence-electron chi connectivity index (χ4n) is 3.40. The molecule has 126 valence electrons. The molecule has 1 saturated heterocycles. The van der Waals surface area contributed by atoms with Gasteiger partial charge in [-0.25, -0.2) is 0 Å². The van der Waals surface area contributed by atoms with Gasteiger partial charge in [-0.2, -0.15) is 0 Å². The molecule has 0 spiro atoms. The Morgan fingerprint density at radius 1 is 1.17 bits per heavy atom. The van der Waals surface area contributed by atoms with Crippen LogP contribution in [0.2, 0.25) is 0 Å². The van der Waals surface area contributed by atoms with Gasteiger partial charge in [0.15, 0.2) is 0 Å². The largest absolute Gasteiger partial charge is 0.497 e. The number of nitrogens with one attached hydrogen (secondary N) is 1. The predicted molar refractivity (Wildman–Crippen MR) is 101 cm³/mol. The van der Waals surface area contributed by atoms with E-state index in [9.17, 15) is 0 Å². The molecule has 1 atom stereocenters. The number of benzene rings is 2. The van der Waals surface area contributed by atoms with Crippen molar-refractivity contribution in [1.29, 1.82) is 0 Å². The van der Waals surface area contributed by atoms with Crippen molar-refractivity contribution in [3.05, 3.63) is 57.2 Å². The zero-order valence-corrected chi connectivity index (χ0v) is 15.7. The number of hydrogen-bond acceptors (Lipinski definition) is 4. The van der Waals surface area contributed by atoms with Crippen LogP contribution in [0.1, 0.15) is 23.6 Å². The molecule has 2 heterocycles. The van der Waals surface area contributed by atoms with Crippen LogP contribution in [0, 0.1) is 3.57 Å². The molecule has 4 rings (SSSR count). The number of ether oxygens (including phenoxy) is 3. The summed E-state index contributed by atoms with van der Waals surface area (Å²) in [5, 5.41) is 3.86. The van der Waals surface area contributed by atoms with Gasteiger partial charge >= 0.3 is 0 Å². The lowest BCUT2D eigenvalue weighted by atomic mass is 9.85. The minimum atomic E-state index is -0.132. The Labute approximate surface area is 155 Å². The van der Waals surface area contributed by atoms with Crippen LogP contribution in [-0.2, 0) is 10.3 Å². The Bertz CT molecular complexity index is 728. The number of halogens is 1. The van der Waals surface area contributed by atoms with Gasteiger partial charge in [-0.05, 0) is 58.5 Å². The molecule has 2 aromatic rings. The average molecular weight is 437 g/mol. The highest BCUT2D eigenvalue weighted by atomic mass is 127. The monoisotopic (exact) mass is 437 g/mol. The predicted octanol–water partition coefficient (Wildman–Crippen LogP) is 3.64. The van der Waals surface area contributed by atoms with E-state index < -0.39 is 0 Å². The maximum atomic E-state index is 5.82. The van der Waals surface area contributed by atoms with Crippen molar-refractivity contribution in [1.82, 2.24) is 5.32 Å². The summed E-state index contributed by atoms with van der Waals surface area (Å²) in [5.74, 6) is 1.87. The summed E-state index contributed by atoms with van der Waals surface area (Å²) in [6, 6.07) is 14.9. The summed E-state index contributed by atoms with van der Waals surface area (Å²) >= 11 is 2.35. The first-order chi connectivity index (χ1) is 11.7. The third kappa shape index (κ3) is 2.89. The molecular weight excluding hydrogens is 417 g/mol. The fourth-order valence-corrected chi connectivity index (χ4v) is 3.91. The Kier molecular flexibility index (Phi) is 4.40. The van der Waals surface area contributed by atoms with Gasteiger partial charge in [0.05, 0.1) is 32.5 Å². The summed E-state index contributed by atoms with van der Waals surface area (Å²) in [6.45, 7) is 2.12. The van der Waals surface area contributed by atoms with Gasteiger partial charge in [0.2, 0.25) is 0 Å². The smallest absolute Gasteiger partial charge is 0.124 e. The van der Waals surface area contributed by atoms with Crippen molar-refractivity contribution in [2.24, 2.45) is 0 Å². The first-order valence-corrected chi connectivity index (χ1v) is 9.20. The molecule has 1 N–H and O–H groups in total. The topological polar surface area (TPSA) is 39.7 Å². The number of methoxy groups -OCH3 is 1. The summed E-state index contributed by atoms with van der Waals surface area (Å²) in [5.41, 5.74) is 2.36. The molecule has 0 aromatic heterocycles. The minimum Gasteiger partial charge on any atom is -0.497 e. The van der Waals surface area contributed by atoms with Crippen molar-refractivity contribution in [3.8, 4) is 11.5 Å². The lowest BCUT2D eigenvalue weighted by molar-refractivity contribution is -0.0859. The second-order valence-corrected chi connectivity index (χ2v) is 7.57. The Morgan fingerprint density at radius 2 is 1.96 bits per heavy atom. The van der Waals surface area contributed by atoms with Crippen molar-refractivity contribution >= 4 is 22.6 Å². The van der Waals surface area contributed by atoms with E-state index in [1.807, 2.05) is 12.1 Å². The van der Waals surface area contributed by atoms with E-state index >= 15 is 0 Å². The highest BCUT2D eigenvalue weighted by molar-refractivity contribution is 14.1. The standard InChI is InChI=1S/C19H20INO3/c1-22-15-5-2-13(3-6-15)19(11-23-12-19)21-17-8-9-24-18-7-4-14(20)10-16(17)18/h2-7,10,17,21H,8-9,11-12H2,1H3/t17-/m0/s1. The Balaban J connectivity index is 1.62. The molecule has 4 nitrogen and oxygen atoms in total. The molecule has 24 heavy (non-hydrogen) atoms. The summed E-state index contributed by atoms with van der Waals surface area (Å²) in [6.07, 6.45) is 0.963. The maximum absolute atomic E-state index is 5.82. The minimum absolute atomic E-state index is 0.132. The molecule has 0 unspecified atom stereocenters. The number of rotatable bonds is 4. The van der Waals surface area contributed by atoms with Crippen molar-refractivity contribution < 1.29 is 14.2 Å². The van der Waals surface area contributed by atoms with Gasteiger partial charge in [0, 0.05) is 21.6 Å². The summed E-state index contributed by atoms with van der Waals surface area (Å²) in [7, 11) is 1.69. The van der Waals surface area contributed by atoms with Crippen LogP contribution in [0.3, 0.4) is 0 Å². The van der Waals surface area contributed by atoms with Crippen LogP contribution in [0.25, 0.3) is 0 Å². The first-order valence-electron chi connectivity index (χ1n) is 8.12. The molecule has 0 aliphatic carbocycles. The molecule has 2 aliphatic heterocycles. The van der Waals surface area contributed by atoms with E-state index in [0.29, 0.717) is 13.2 Å². The average Bonchev–Trinajstić information content (AvgIpc) is 2.58. The van der Waals surface area contributed by atoms with E-state index in [-0.39, 0.29) is 11.6 Å². The fraction of sp³-hybridized carbons (Fsp3) is 0.368. The van der Waals surface area contributed by atoms with Crippen molar-refractivity contribution in [2.45, 2.75) is 18.0 Å². The molecule has 0 radical (unpaired) electrons. The maximum Gasteiger partial charge on any atom is 0.124 e. The van der Waals surface area contributed by atoms with E-state index in [2.05, 4.69) is 58.2 Å². The highest BCUT2D eigenvalue weighted by Crippen LogP contribution is 2.39. The second-order valence-electron chi connectivity index (χ2n) is 6.32. The number of fused-ring (bicyclic) bond motifs is 1. The lowest BCUT2D eigenvalue weighted by Gasteiger charge is -2.46. The molecule has 2 aromatic carbocycles. The Morgan fingerprint density at radius 3 is 2.62 bits per heavy atom. The van der Waals surface area contributed by atoms with E-state index in [1.54, 1.807) is 7.11 Å². The molecule has 0 amide bonds. The third-order valence-electron chi connectivity index (χ3n) is 4.80. The SMILES string of the molecule is COc1ccc(C2(N[C@H]3CCOc4ccc(I)cc43)COC2)cc1. The zero-order valence-electron chi connectivity index (χ0n) is 13.5.